The summed E-state index contributed by atoms with van der Waals surface area (Å²) in [7, 11) is -3.49. The molecule has 0 radical (unpaired) electrons. The number of nitrogen functional groups attached to an aromatic ring is 1. The molecule has 1 saturated heterocycles. The van der Waals surface area contributed by atoms with Crippen LogP contribution in [0.2, 0.25) is 0 Å². The summed E-state index contributed by atoms with van der Waals surface area (Å²) in [5, 5.41) is 0. The molecule has 0 aromatic carbocycles. The van der Waals surface area contributed by atoms with Crippen molar-refractivity contribution in [3.05, 3.63) is 36.0 Å². The summed E-state index contributed by atoms with van der Waals surface area (Å²) in [6.45, 7) is 50.7. The number of rotatable bonds is 15. The lowest BCUT2D eigenvalue weighted by atomic mass is 9.42. The number of carbonyl (C=O) groups is 3. The number of carbonyl (C=O) groups excluding carboxylic acids is 3. The van der Waals surface area contributed by atoms with E-state index in [4.69, 9.17) is 24.3 Å². The number of ether oxygens (including phenoxy) is 2. The van der Waals surface area contributed by atoms with E-state index in [9.17, 15) is 18.9 Å². The van der Waals surface area contributed by atoms with Gasteiger partial charge in [-0.2, -0.15) is 0 Å². The average molecular weight is 1280 g/mol. The molecule has 9 aliphatic rings. The van der Waals surface area contributed by atoms with Gasteiger partial charge in [0.25, 0.3) is 0 Å². The van der Waals surface area contributed by atoms with Crippen LogP contribution in [0.15, 0.2) is 36.0 Å². The van der Waals surface area contributed by atoms with Crippen molar-refractivity contribution in [1.82, 2.24) is 19.5 Å². The van der Waals surface area contributed by atoms with Gasteiger partial charge in [0.2, 0.25) is 0 Å². The van der Waals surface area contributed by atoms with Crippen molar-refractivity contribution in [2.45, 2.75) is 273 Å². The predicted octanol–water partition coefficient (Wildman–Crippen LogP) is 18.7. The van der Waals surface area contributed by atoms with Crippen LogP contribution in [-0.2, 0) is 37.5 Å². The number of ketones is 2. The lowest BCUT2D eigenvalue weighted by Gasteiger charge is -2.61. The maximum Gasteiger partial charge on any atom is 0.328 e. The Balaban J connectivity index is 0.000000219. The summed E-state index contributed by atoms with van der Waals surface area (Å²) >= 11 is 0. The molecule has 7 unspecified atom stereocenters. The summed E-state index contributed by atoms with van der Waals surface area (Å²) in [5.74, 6) is 6.34. The van der Waals surface area contributed by atoms with Crippen LogP contribution < -0.4 is 5.73 Å². The number of allylic oxidation sites excluding steroid dienone is 4. The molecule has 6 saturated carbocycles. The van der Waals surface area contributed by atoms with E-state index < -0.39 is 7.60 Å². The van der Waals surface area contributed by atoms with E-state index in [1.807, 2.05) is 4.57 Å². The number of hydrogen-bond donors (Lipinski definition) is 1. The summed E-state index contributed by atoms with van der Waals surface area (Å²) in [6.07, 6.45) is 24.0. The van der Waals surface area contributed by atoms with E-state index in [-0.39, 0.29) is 105 Å². The molecular formula is C77H124N5O8P. The monoisotopic (exact) mass is 1280 g/mol. The van der Waals surface area contributed by atoms with Crippen LogP contribution in [0.1, 0.15) is 254 Å². The Morgan fingerprint density at radius 3 is 1.78 bits per heavy atom. The van der Waals surface area contributed by atoms with E-state index in [2.05, 4.69) is 166 Å². The van der Waals surface area contributed by atoms with Crippen molar-refractivity contribution in [1.29, 1.82) is 0 Å². The van der Waals surface area contributed by atoms with Crippen molar-refractivity contribution >= 4 is 42.1 Å². The van der Waals surface area contributed by atoms with Crippen molar-refractivity contribution in [2.24, 2.45) is 126 Å². The number of esters is 1. The minimum Gasteiger partial charge on any atom is -0.462 e. The highest BCUT2D eigenvalue weighted by Crippen LogP contribution is 2.75. The lowest BCUT2D eigenvalue weighted by Crippen LogP contribution is -2.57. The molecular weight excluding hydrogens is 1150 g/mol. The highest BCUT2D eigenvalue weighted by Gasteiger charge is 2.68. The maximum atomic E-state index is 14.4. The van der Waals surface area contributed by atoms with Gasteiger partial charge in [-0.25, -0.2) is 15.0 Å². The normalized spacial score (nSPS) is 42.4. The van der Waals surface area contributed by atoms with Gasteiger partial charge in [0.15, 0.2) is 23.0 Å². The lowest BCUT2D eigenvalue weighted by molar-refractivity contribution is -0.161. The van der Waals surface area contributed by atoms with Gasteiger partial charge in [-0.3, -0.25) is 23.5 Å². The fourth-order valence-electron chi connectivity index (χ4n) is 22.1. The summed E-state index contributed by atoms with van der Waals surface area (Å²) < 4.78 is 41.6. The first-order chi connectivity index (χ1) is 42.1. The molecule has 0 bridgehead atoms. The van der Waals surface area contributed by atoms with Crippen LogP contribution in [0.5, 0.6) is 0 Å². The smallest absolute Gasteiger partial charge is 0.328 e. The Bertz CT molecular complexity index is 3160. The quantitative estimate of drug-likeness (QED) is 0.132. The zero-order valence-corrected chi connectivity index (χ0v) is 61.7. The molecule has 0 spiro atoms. The maximum absolute atomic E-state index is 14.4. The minimum atomic E-state index is -3.49. The molecule has 91 heavy (non-hydrogen) atoms. The first-order valence-corrected chi connectivity index (χ1v) is 38.3. The summed E-state index contributed by atoms with van der Waals surface area (Å²) in [4.78, 5) is 52.4. The van der Waals surface area contributed by atoms with Crippen LogP contribution >= 0.6 is 7.60 Å². The Morgan fingerprint density at radius 2 is 1.23 bits per heavy atom. The first kappa shape index (κ1) is 70.5. The minimum absolute atomic E-state index is 0.0130. The van der Waals surface area contributed by atoms with Crippen LogP contribution in [0.25, 0.3) is 11.2 Å². The molecule has 1 aliphatic heterocycles. The number of imidazole rings is 1. The summed E-state index contributed by atoms with van der Waals surface area (Å²) in [6, 6.07) is 0. The van der Waals surface area contributed by atoms with Gasteiger partial charge in [-0.15, -0.1) is 0 Å². The molecule has 2 aromatic rings. The molecule has 510 valence electrons. The van der Waals surface area contributed by atoms with Gasteiger partial charge < -0.3 is 24.3 Å². The Morgan fingerprint density at radius 1 is 0.703 bits per heavy atom. The van der Waals surface area contributed by atoms with Crippen LogP contribution in [-0.4, -0.2) is 68.6 Å². The SMILES string of the molecule is CC(=O)O[C@@H]1C[C@H]2C(=O)C=C3C(CC[C@]4(C)[C@@H]([C@H](C)[C@H](C)CCC(C)(C)C)CC[C@@]34C)[C@@]2(C)C[C@@H]1C.CC1C(COP(C)(=O)O[C@H](CCC(C)(C)C)[C@@H](C)[C@H]2CC[C@@]3(C)C4=CC(=O)[C@@H]5C[C@@H](C)[C@@H](C)C[C@]5(C)C4CC[C@]23C)OC(n2cnc3c(N)ncnc32)C1C. The number of aromatic nitrogens is 4. The Hall–Kier alpha value is -3.25. The van der Waals surface area contributed by atoms with Crippen molar-refractivity contribution in [2.75, 3.05) is 19.0 Å². The number of nitrogens with zero attached hydrogens (tertiary/aromatic N) is 4. The second-order valence-electron chi connectivity index (χ2n) is 36.5. The fourth-order valence-corrected chi connectivity index (χ4v) is 23.4. The van der Waals surface area contributed by atoms with E-state index >= 15 is 0 Å². The van der Waals surface area contributed by atoms with Crippen LogP contribution in [0, 0.1) is 126 Å². The van der Waals surface area contributed by atoms with Crippen molar-refractivity contribution in [3.63, 3.8) is 0 Å². The second-order valence-corrected chi connectivity index (χ2v) is 38.5. The van der Waals surface area contributed by atoms with E-state index in [0.29, 0.717) is 81.8 Å². The first-order valence-electron chi connectivity index (χ1n) is 36.3. The molecule has 0 amide bonds. The fraction of sp³-hybridized carbons (Fsp3) is 0.844. The number of anilines is 1. The summed E-state index contributed by atoms with van der Waals surface area (Å²) in [5.41, 5.74) is 11.0. The molecule has 2 aromatic heterocycles. The van der Waals surface area contributed by atoms with Gasteiger partial charge in [0.1, 0.15) is 24.2 Å². The van der Waals surface area contributed by atoms with Gasteiger partial charge in [0.05, 0.1) is 25.1 Å². The zero-order chi connectivity index (χ0) is 66.9. The molecule has 11 rings (SSSR count). The molecule has 25 atom stereocenters. The third-order valence-electron chi connectivity index (χ3n) is 28.9. The van der Waals surface area contributed by atoms with E-state index in [1.54, 1.807) is 13.0 Å². The standard InChI is InChI=1S/C44H70N5O5P.C33H54O3/c1-25-19-33-34(50)20-32-31(42(33,9)21-26(25)2)14-18-43(10)30(13-17-44(32,43)11)29(5)35(15-16-41(6,7)8)54-55(12,51)52-22-36-27(3)28(4)40(53-36)49-24-48-37-38(45)46-23-47-39(37)49;1-20(11-14-30(5,6)7)22(3)24-12-15-33(10)26-17-28(35)27-18-29(36-23(4)34)21(2)19-31(27,8)25(26)13-16-32(24,33)9/h20,23-31,33,35-36,40H,13-19,21-22H2,1-12H3,(H2,45,46,47);17,20-22,24-25,27,29H,11-16,18-19H2,1-10H3/t25-,26+,27?,28?,29+,30-,31?,33+,35-,36?,40?,42-,43-,44+,55?;20-,21+,22-,24-,25?,27+,29-,31-,32-,33+/m11/s1. The molecule has 7 fully saturated rings. The third-order valence-corrected chi connectivity index (χ3v) is 30.2. The van der Waals surface area contributed by atoms with Crippen molar-refractivity contribution in [3.8, 4) is 0 Å². The van der Waals surface area contributed by atoms with Gasteiger partial charge >= 0.3 is 13.6 Å². The van der Waals surface area contributed by atoms with Gasteiger partial charge in [-0.05, 0) is 223 Å². The van der Waals surface area contributed by atoms with Gasteiger partial charge in [-0.1, -0.05) is 150 Å². The van der Waals surface area contributed by atoms with Crippen LogP contribution in [0.3, 0.4) is 0 Å². The topological polar surface area (TPSA) is 175 Å². The highest BCUT2D eigenvalue weighted by atomic mass is 31.2. The molecule has 2 N–H and O–H groups in total. The number of fused-ring (bicyclic) bond motifs is 11. The Labute approximate surface area is 550 Å². The highest BCUT2D eigenvalue weighted by molar-refractivity contribution is 7.53. The van der Waals surface area contributed by atoms with Gasteiger partial charge in [0, 0.05) is 31.3 Å². The zero-order valence-electron chi connectivity index (χ0n) is 60.8. The molecule has 13 nitrogen and oxygen atoms in total. The molecule has 14 heteroatoms. The third kappa shape index (κ3) is 12.6. The second kappa shape index (κ2) is 25.0. The van der Waals surface area contributed by atoms with Crippen molar-refractivity contribution < 1.29 is 37.5 Å². The average Bonchev–Trinajstić information content (AvgIpc) is 1.68. The number of nitrogens with two attached hydrogens (primary N) is 1. The number of hydrogen-bond acceptors (Lipinski definition) is 12. The molecule has 3 heterocycles. The van der Waals surface area contributed by atoms with E-state index in [0.717, 1.165) is 69.6 Å². The van der Waals surface area contributed by atoms with Crippen LogP contribution in [0.4, 0.5) is 5.82 Å². The molecule has 8 aliphatic carbocycles. The van der Waals surface area contributed by atoms with E-state index in [1.165, 1.54) is 62.9 Å². The Kier molecular flexibility index (Phi) is 19.4. The largest absolute Gasteiger partial charge is 0.462 e. The predicted molar refractivity (Wildman–Crippen MR) is 365 cm³/mol.